The number of methoxy groups -OCH3 is 2. The van der Waals surface area contributed by atoms with Gasteiger partial charge in [-0.2, -0.15) is 0 Å². The van der Waals surface area contributed by atoms with E-state index in [4.69, 9.17) is 21.1 Å². The Hall–Kier alpha value is -2.84. The van der Waals surface area contributed by atoms with E-state index in [1.54, 1.807) is 23.1 Å². The highest BCUT2D eigenvalue weighted by atomic mass is 35.5. The van der Waals surface area contributed by atoms with Gasteiger partial charge >= 0.3 is 12.0 Å². The van der Waals surface area contributed by atoms with E-state index >= 15 is 0 Å². The molecule has 0 aromatic heterocycles. The molecule has 2 aromatic carbocycles. The van der Waals surface area contributed by atoms with Crippen LogP contribution in [0, 0.1) is 5.82 Å². The van der Waals surface area contributed by atoms with Gasteiger partial charge in [-0.1, -0.05) is 23.7 Å². The minimum atomic E-state index is -0.601. The predicted molar refractivity (Wildman–Crippen MR) is 111 cm³/mol. The number of ether oxygens (including phenoxy) is 2. The number of urea groups is 1. The summed E-state index contributed by atoms with van der Waals surface area (Å²) in [6.07, 6.45) is 0. The van der Waals surface area contributed by atoms with Gasteiger partial charge in [0.15, 0.2) is 0 Å². The van der Waals surface area contributed by atoms with Gasteiger partial charge in [-0.05, 0) is 29.8 Å². The van der Waals surface area contributed by atoms with Crippen molar-refractivity contribution < 1.29 is 23.5 Å². The Kier molecular flexibility index (Phi) is 7.12. The predicted octanol–water partition coefficient (Wildman–Crippen LogP) is 3.55. The lowest BCUT2D eigenvalue weighted by molar-refractivity contribution is -0.148. The molecular formula is C21H23ClFN3O4. The summed E-state index contributed by atoms with van der Waals surface area (Å²) < 4.78 is 23.5. The molecule has 0 unspecified atom stereocenters. The molecule has 0 radical (unpaired) electrons. The van der Waals surface area contributed by atoms with E-state index in [2.05, 4.69) is 5.32 Å². The average Bonchev–Trinajstić information content (AvgIpc) is 2.75. The number of nitrogens with zero attached hydrogens (tertiary/aromatic N) is 2. The van der Waals surface area contributed by atoms with Crippen LogP contribution in [0.1, 0.15) is 11.6 Å². The standard InChI is InChI=1S/C21H23ClFN3O4/c1-29-18-13-16(23)6-7-17(18)24-21(28)26-10-8-25(9-11-26)19(20(27)30-2)14-4-3-5-15(22)12-14/h3-7,12-13,19H,8-11H2,1-2H3,(H,24,28)/t19-/m1/s1. The van der Waals surface area contributed by atoms with E-state index in [1.165, 1.54) is 32.4 Å². The molecular weight excluding hydrogens is 413 g/mol. The molecule has 1 aliphatic rings. The molecule has 0 spiro atoms. The Morgan fingerprint density at radius 1 is 1.10 bits per heavy atom. The SMILES string of the molecule is COC(=O)[C@@H](c1cccc(Cl)c1)N1CCN(C(=O)Nc2ccc(F)cc2OC)CC1. The minimum Gasteiger partial charge on any atom is -0.494 e. The maximum Gasteiger partial charge on any atom is 0.327 e. The van der Waals surface area contributed by atoms with Crippen molar-refractivity contribution in [1.29, 1.82) is 0 Å². The first-order chi connectivity index (χ1) is 14.4. The minimum absolute atomic E-state index is 0.244. The summed E-state index contributed by atoms with van der Waals surface area (Å²) in [6.45, 7) is 1.76. The molecule has 9 heteroatoms. The zero-order chi connectivity index (χ0) is 21.7. The number of carbonyl (C=O) groups is 2. The van der Waals surface area contributed by atoms with Crippen molar-refractivity contribution in [2.45, 2.75) is 6.04 Å². The molecule has 1 saturated heterocycles. The lowest BCUT2D eigenvalue weighted by Gasteiger charge is -2.38. The third-order valence-corrected chi connectivity index (χ3v) is 5.20. The number of carbonyl (C=O) groups excluding carboxylic acids is 2. The third-order valence-electron chi connectivity index (χ3n) is 4.96. The van der Waals surface area contributed by atoms with Crippen LogP contribution in [-0.4, -0.2) is 62.2 Å². The van der Waals surface area contributed by atoms with E-state index in [0.717, 1.165) is 5.56 Å². The van der Waals surface area contributed by atoms with Gasteiger partial charge < -0.3 is 19.7 Å². The molecule has 0 saturated carbocycles. The highest BCUT2D eigenvalue weighted by Gasteiger charge is 2.32. The smallest absolute Gasteiger partial charge is 0.327 e. The highest BCUT2D eigenvalue weighted by molar-refractivity contribution is 6.30. The van der Waals surface area contributed by atoms with Gasteiger partial charge in [0, 0.05) is 37.3 Å². The Balaban J connectivity index is 1.67. The fraction of sp³-hybridized carbons (Fsp3) is 0.333. The highest BCUT2D eigenvalue weighted by Crippen LogP contribution is 2.27. The lowest BCUT2D eigenvalue weighted by atomic mass is 10.0. The molecule has 1 aliphatic heterocycles. The second-order valence-corrected chi connectivity index (χ2v) is 7.21. The maximum atomic E-state index is 13.3. The molecule has 2 amide bonds. The molecule has 160 valence electrons. The largest absolute Gasteiger partial charge is 0.494 e. The molecule has 1 fully saturated rings. The van der Waals surface area contributed by atoms with E-state index in [9.17, 15) is 14.0 Å². The summed E-state index contributed by atoms with van der Waals surface area (Å²) in [5.74, 6) is -0.590. The Morgan fingerprint density at radius 3 is 2.47 bits per heavy atom. The number of nitrogens with one attached hydrogen (secondary N) is 1. The molecule has 1 N–H and O–H groups in total. The van der Waals surface area contributed by atoms with Crippen molar-refractivity contribution >= 4 is 29.3 Å². The summed E-state index contributed by atoms with van der Waals surface area (Å²) >= 11 is 6.09. The second kappa shape index (κ2) is 9.77. The van der Waals surface area contributed by atoms with Gasteiger partial charge in [0.05, 0.1) is 19.9 Å². The van der Waals surface area contributed by atoms with Gasteiger partial charge in [0.1, 0.15) is 17.6 Å². The molecule has 0 bridgehead atoms. The van der Waals surface area contributed by atoms with Crippen molar-refractivity contribution in [3.05, 3.63) is 58.9 Å². The lowest BCUT2D eigenvalue weighted by Crippen LogP contribution is -2.52. The van der Waals surface area contributed by atoms with Crippen LogP contribution in [0.5, 0.6) is 5.75 Å². The quantitative estimate of drug-likeness (QED) is 0.727. The topological polar surface area (TPSA) is 71.1 Å². The van der Waals surface area contributed by atoms with Crippen molar-refractivity contribution in [3.8, 4) is 5.75 Å². The fourth-order valence-electron chi connectivity index (χ4n) is 3.43. The molecule has 0 aliphatic carbocycles. The zero-order valence-corrected chi connectivity index (χ0v) is 17.5. The second-order valence-electron chi connectivity index (χ2n) is 6.78. The number of esters is 1. The van der Waals surface area contributed by atoms with Crippen LogP contribution in [0.15, 0.2) is 42.5 Å². The number of benzene rings is 2. The maximum absolute atomic E-state index is 13.3. The molecule has 7 nitrogen and oxygen atoms in total. The van der Waals surface area contributed by atoms with Crippen molar-refractivity contribution in [2.75, 3.05) is 45.7 Å². The van der Waals surface area contributed by atoms with Crippen LogP contribution in [-0.2, 0) is 9.53 Å². The Labute approximate surface area is 179 Å². The van der Waals surface area contributed by atoms with Crippen molar-refractivity contribution in [1.82, 2.24) is 9.80 Å². The number of piperazine rings is 1. The van der Waals surface area contributed by atoms with Gasteiger partial charge in [0.25, 0.3) is 0 Å². The van der Waals surface area contributed by atoms with Crippen LogP contribution in [0.25, 0.3) is 0 Å². The molecule has 1 heterocycles. The number of amides is 2. The summed E-state index contributed by atoms with van der Waals surface area (Å²) in [5.41, 5.74) is 1.13. The Bertz CT molecular complexity index is 919. The first kappa shape index (κ1) is 21.9. The number of rotatable bonds is 5. The van der Waals surface area contributed by atoms with Crippen molar-refractivity contribution in [2.24, 2.45) is 0 Å². The van der Waals surface area contributed by atoms with Gasteiger partial charge in [-0.25, -0.2) is 14.0 Å². The van der Waals surface area contributed by atoms with Crippen LogP contribution in [0.3, 0.4) is 0 Å². The van der Waals surface area contributed by atoms with E-state index in [-0.39, 0.29) is 17.7 Å². The van der Waals surface area contributed by atoms with Gasteiger partial charge in [0.2, 0.25) is 0 Å². The Morgan fingerprint density at radius 2 is 1.83 bits per heavy atom. The van der Waals surface area contributed by atoms with Gasteiger partial charge in [-0.3, -0.25) is 4.90 Å². The normalized spacial score (nSPS) is 15.4. The van der Waals surface area contributed by atoms with Crippen LogP contribution in [0.2, 0.25) is 5.02 Å². The first-order valence-electron chi connectivity index (χ1n) is 9.39. The summed E-state index contributed by atoms with van der Waals surface area (Å²) in [5, 5.41) is 3.28. The molecule has 30 heavy (non-hydrogen) atoms. The molecule has 2 aromatic rings. The summed E-state index contributed by atoms with van der Waals surface area (Å²) in [7, 11) is 2.76. The number of hydrogen-bond acceptors (Lipinski definition) is 5. The first-order valence-corrected chi connectivity index (χ1v) is 9.77. The molecule has 1 atom stereocenters. The van der Waals surface area contributed by atoms with Crippen LogP contribution >= 0.6 is 11.6 Å². The van der Waals surface area contributed by atoms with Gasteiger partial charge in [-0.15, -0.1) is 0 Å². The molecule has 3 rings (SSSR count). The number of hydrogen-bond donors (Lipinski definition) is 1. The summed E-state index contributed by atoms with van der Waals surface area (Å²) in [6, 6.07) is 10.1. The van der Waals surface area contributed by atoms with Crippen LogP contribution < -0.4 is 10.1 Å². The fourth-order valence-corrected chi connectivity index (χ4v) is 3.63. The summed E-state index contributed by atoms with van der Waals surface area (Å²) in [4.78, 5) is 28.7. The third kappa shape index (κ3) is 5.01. The van der Waals surface area contributed by atoms with Crippen molar-refractivity contribution in [3.63, 3.8) is 0 Å². The van der Waals surface area contributed by atoms with Crippen LogP contribution in [0.4, 0.5) is 14.9 Å². The number of halogens is 2. The van der Waals surface area contributed by atoms with E-state index in [0.29, 0.717) is 36.9 Å². The average molecular weight is 436 g/mol. The van der Waals surface area contributed by atoms with E-state index in [1.807, 2.05) is 11.0 Å². The zero-order valence-electron chi connectivity index (χ0n) is 16.7. The van der Waals surface area contributed by atoms with E-state index < -0.39 is 11.9 Å². The number of anilines is 1. The monoisotopic (exact) mass is 435 g/mol.